The van der Waals surface area contributed by atoms with Crippen LogP contribution in [0.2, 0.25) is 0 Å². The van der Waals surface area contributed by atoms with E-state index in [1.54, 1.807) is 43.3 Å². The highest BCUT2D eigenvalue weighted by Crippen LogP contribution is 2.25. The van der Waals surface area contributed by atoms with E-state index < -0.39 is 10.8 Å². The van der Waals surface area contributed by atoms with Gasteiger partial charge >= 0.3 is 0 Å². The van der Waals surface area contributed by atoms with Crippen molar-refractivity contribution in [2.45, 2.75) is 6.92 Å². The van der Waals surface area contributed by atoms with Gasteiger partial charge in [0.05, 0.1) is 16.0 Å². The van der Waals surface area contributed by atoms with Crippen molar-refractivity contribution < 1.29 is 14.1 Å². The molecular weight excluding hydrogens is 375 g/mol. The van der Waals surface area contributed by atoms with Crippen molar-refractivity contribution >= 4 is 28.3 Å². The predicted molar refractivity (Wildman–Crippen MR) is 107 cm³/mol. The molecule has 0 fully saturated rings. The first kappa shape index (κ1) is 18.3. The van der Waals surface area contributed by atoms with Crippen molar-refractivity contribution in [3.05, 3.63) is 87.7 Å². The molecule has 0 spiro atoms. The number of hydrogen-bond acceptors (Lipinski definition) is 4. The Balaban J connectivity index is 1.62. The van der Waals surface area contributed by atoms with Crippen LogP contribution in [0.3, 0.4) is 0 Å². The summed E-state index contributed by atoms with van der Waals surface area (Å²) in [7, 11) is 0. The molecule has 144 valence electrons. The number of hydrogen-bond donors (Lipinski definition) is 2. The summed E-state index contributed by atoms with van der Waals surface area (Å²) in [6, 6.07) is 15.5. The highest BCUT2D eigenvalue weighted by Gasteiger charge is 2.18. The van der Waals surface area contributed by atoms with Crippen LogP contribution in [0.25, 0.3) is 22.4 Å². The molecule has 29 heavy (non-hydrogen) atoms. The Bertz CT molecular complexity index is 1250. The molecule has 0 radical (unpaired) electrons. The normalized spacial score (nSPS) is 10.8. The van der Waals surface area contributed by atoms with Crippen LogP contribution in [0.5, 0.6) is 0 Å². The summed E-state index contributed by atoms with van der Waals surface area (Å²) in [5.74, 6) is -0.187. The summed E-state index contributed by atoms with van der Waals surface area (Å²) in [5, 5.41) is 13.8. The number of imidazole rings is 1. The van der Waals surface area contributed by atoms with Crippen LogP contribution in [0.4, 0.5) is 15.8 Å². The van der Waals surface area contributed by atoms with Crippen molar-refractivity contribution in [1.82, 2.24) is 9.97 Å². The van der Waals surface area contributed by atoms with E-state index in [1.807, 2.05) is 0 Å². The lowest BCUT2D eigenvalue weighted by atomic mass is 10.1. The molecule has 8 heteroatoms. The summed E-state index contributed by atoms with van der Waals surface area (Å²) in [6.45, 7) is 1.54. The highest BCUT2D eigenvalue weighted by molar-refractivity contribution is 6.06. The Labute approximate surface area is 164 Å². The fourth-order valence-corrected chi connectivity index (χ4v) is 3.10. The van der Waals surface area contributed by atoms with Gasteiger partial charge in [0, 0.05) is 28.4 Å². The molecule has 0 unspecified atom stereocenters. The molecule has 0 aliphatic heterocycles. The minimum absolute atomic E-state index is 0.106. The Morgan fingerprint density at radius 3 is 2.62 bits per heavy atom. The monoisotopic (exact) mass is 390 g/mol. The number of carbonyl (C=O) groups excluding carboxylic acids is 1. The van der Waals surface area contributed by atoms with Crippen LogP contribution in [0.1, 0.15) is 15.9 Å². The quantitative estimate of drug-likeness (QED) is 0.385. The molecule has 3 aromatic carbocycles. The fraction of sp³-hybridized carbons (Fsp3) is 0.0476. The molecule has 0 bridgehead atoms. The van der Waals surface area contributed by atoms with Crippen molar-refractivity contribution in [3.8, 4) is 11.4 Å². The maximum Gasteiger partial charge on any atom is 0.273 e. The first-order valence-electron chi connectivity index (χ1n) is 8.73. The predicted octanol–water partition coefficient (Wildman–Crippen LogP) is 4.84. The van der Waals surface area contributed by atoms with Crippen LogP contribution in [-0.2, 0) is 0 Å². The first-order chi connectivity index (χ1) is 13.9. The number of carbonyl (C=O) groups is 1. The number of nitro groups is 1. The van der Waals surface area contributed by atoms with Crippen LogP contribution in [0.15, 0.2) is 60.7 Å². The van der Waals surface area contributed by atoms with Gasteiger partial charge in [0.25, 0.3) is 11.6 Å². The second-order valence-electron chi connectivity index (χ2n) is 6.49. The third-order valence-electron chi connectivity index (χ3n) is 4.60. The Morgan fingerprint density at radius 2 is 1.90 bits per heavy atom. The fourth-order valence-electron chi connectivity index (χ4n) is 3.10. The summed E-state index contributed by atoms with van der Waals surface area (Å²) < 4.78 is 13.1. The van der Waals surface area contributed by atoms with Crippen molar-refractivity contribution in [2.24, 2.45) is 0 Å². The Hall–Kier alpha value is -4.07. The van der Waals surface area contributed by atoms with Crippen molar-refractivity contribution in [3.63, 3.8) is 0 Å². The minimum Gasteiger partial charge on any atom is -0.338 e. The number of aromatic amines is 1. The van der Waals surface area contributed by atoms with E-state index in [0.717, 1.165) is 5.56 Å². The van der Waals surface area contributed by atoms with Crippen LogP contribution in [0, 0.1) is 22.9 Å². The maximum atomic E-state index is 13.1. The van der Waals surface area contributed by atoms with Gasteiger partial charge in [-0.2, -0.15) is 0 Å². The summed E-state index contributed by atoms with van der Waals surface area (Å²) >= 11 is 0. The molecule has 0 saturated heterocycles. The molecule has 0 saturated carbocycles. The van der Waals surface area contributed by atoms with Gasteiger partial charge in [0.2, 0.25) is 0 Å². The first-order valence-corrected chi connectivity index (χ1v) is 8.73. The van der Waals surface area contributed by atoms with E-state index in [9.17, 15) is 19.3 Å². The number of benzene rings is 3. The maximum absolute atomic E-state index is 13.1. The number of aromatic nitrogens is 2. The van der Waals surface area contributed by atoms with Gasteiger partial charge in [-0.25, -0.2) is 9.37 Å². The second-order valence-corrected chi connectivity index (χ2v) is 6.49. The number of H-pyrrole nitrogens is 1. The third kappa shape index (κ3) is 3.55. The minimum atomic E-state index is -0.514. The molecule has 0 aliphatic carbocycles. The van der Waals surface area contributed by atoms with Gasteiger partial charge < -0.3 is 10.3 Å². The zero-order valence-electron chi connectivity index (χ0n) is 15.3. The molecule has 2 N–H and O–H groups in total. The SMILES string of the molecule is Cc1c(C(=O)Nc2ccc3nc(-c4ccc(F)cc4)[nH]c3c2)cccc1[N+](=O)[O-]. The van der Waals surface area contributed by atoms with Crippen molar-refractivity contribution in [1.29, 1.82) is 0 Å². The van der Waals surface area contributed by atoms with E-state index in [0.29, 0.717) is 28.1 Å². The number of halogens is 1. The van der Waals surface area contributed by atoms with Crippen molar-refractivity contribution in [2.75, 3.05) is 5.32 Å². The third-order valence-corrected chi connectivity index (χ3v) is 4.60. The van der Waals surface area contributed by atoms with Crippen LogP contribution in [-0.4, -0.2) is 20.8 Å². The number of anilines is 1. The average Bonchev–Trinajstić information content (AvgIpc) is 3.11. The summed E-state index contributed by atoms with van der Waals surface area (Å²) in [5.41, 5.74) is 3.06. The zero-order chi connectivity index (χ0) is 20.5. The van der Waals surface area contributed by atoms with Gasteiger partial charge in [0.15, 0.2) is 0 Å². The lowest BCUT2D eigenvalue weighted by Gasteiger charge is -2.08. The lowest BCUT2D eigenvalue weighted by Crippen LogP contribution is -2.14. The Morgan fingerprint density at radius 1 is 1.14 bits per heavy atom. The average molecular weight is 390 g/mol. The largest absolute Gasteiger partial charge is 0.338 e. The molecule has 1 heterocycles. The van der Waals surface area contributed by atoms with E-state index in [2.05, 4.69) is 15.3 Å². The van der Waals surface area contributed by atoms with Gasteiger partial charge in [0.1, 0.15) is 11.6 Å². The molecular formula is C21H15FN4O3. The smallest absolute Gasteiger partial charge is 0.273 e. The number of rotatable bonds is 4. The van der Waals surface area contributed by atoms with Gasteiger partial charge in [-0.3, -0.25) is 14.9 Å². The number of nitrogens with one attached hydrogen (secondary N) is 2. The molecule has 1 aromatic heterocycles. The van der Waals surface area contributed by atoms with Crippen LogP contribution < -0.4 is 5.32 Å². The van der Waals surface area contributed by atoms with E-state index >= 15 is 0 Å². The van der Waals surface area contributed by atoms with Crippen LogP contribution >= 0.6 is 0 Å². The molecule has 4 aromatic rings. The zero-order valence-corrected chi connectivity index (χ0v) is 15.3. The van der Waals surface area contributed by atoms with Gasteiger partial charge in [-0.05, 0) is 55.5 Å². The second kappa shape index (κ2) is 7.16. The summed E-state index contributed by atoms with van der Waals surface area (Å²) in [6.07, 6.45) is 0. The highest BCUT2D eigenvalue weighted by atomic mass is 19.1. The lowest BCUT2D eigenvalue weighted by molar-refractivity contribution is -0.385. The molecule has 0 atom stereocenters. The number of fused-ring (bicyclic) bond motifs is 1. The summed E-state index contributed by atoms with van der Waals surface area (Å²) in [4.78, 5) is 30.8. The molecule has 4 rings (SSSR count). The standard InChI is InChI=1S/C21H15FN4O3/c1-12-16(3-2-4-19(12)26(28)29)21(27)23-15-9-10-17-18(11-15)25-20(24-17)13-5-7-14(22)8-6-13/h2-11H,1H3,(H,23,27)(H,24,25). The number of nitrogens with zero attached hydrogens (tertiary/aromatic N) is 2. The number of nitro benzene ring substituents is 1. The van der Waals surface area contributed by atoms with Gasteiger partial charge in [-0.15, -0.1) is 0 Å². The van der Waals surface area contributed by atoms with Gasteiger partial charge in [-0.1, -0.05) is 6.07 Å². The van der Waals surface area contributed by atoms with E-state index in [4.69, 9.17) is 0 Å². The molecule has 1 amide bonds. The van der Waals surface area contributed by atoms with E-state index in [1.165, 1.54) is 24.3 Å². The number of amides is 1. The molecule has 0 aliphatic rings. The Kier molecular flexibility index (Phi) is 4.52. The molecule has 7 nitrogen and oxygen atoms in total. The van der Waals surface area contributed by atoms with E-state index in [-0.39, 0.29) is 17.1 Å². The topological polar surface area (TPSA) is 101 Å².